The van der Waals surface area contributed by atoms with Crippen molar-refractivity contribution in [1.29, 1.82) is 0 Å². The highest BCUT2D eigenvalue weighted by Gasteiger charge is 2.20. The molecule has 0 radical (unpaired) electrons. The predicted octanol–water partition coefficient (Wildman–Crippen LogP) is 3.34. The molecular weight excluding hydrogens is 352 g/mol. The van der Waals surface area contributed by atoms with Gasteiger partial charge in [-0.15, -0.1) is 0 Å². The second kappa shape index (κ2) is 6.91. The molecule has 0 saturated heterocycles. The number of alkyl halides is 2. The van der Waals surface area contributed by atoms with Gasteiger partial charge >= 0.3 is 5.97 Å². The van der Waals surface area contributed by atoms with Crippen LogP contribution < -0.4 is 0 Å². The van der Waals surface area contributed by atoms with Gasteiger partial charge in [-0.3, -0.25) is 4.79 Å². The molecule has 0 aliphatic rings. The van der Waals surface area contributed by atoms with E-state index in [0.717, 1.165) is 5.56 Å². The Morgan fingerprint density at radius 3 is 2.53 bits per heavy atom. The van der Waals surface area contributed by atoms with Crippen molar-refractivity contribution in [3.63, 3.8) is 0 Å². The van der Waals surface area contributed by atoms with E-state index in [1.807, 2.05) is 6.07 Å². The van der Waals surface area contributed by atoms with Gasteiger partial charge in [-0.2, -0.15) is 0 Å². The van der Waals surface area contributed by atoms with E-state index in [1.54, 1.807) is 12.1 Å². The van der Waals surface area contributed by atoms with Gasteiger partial charge in [0.1, 0.15) is 0 Å². The van der Waals surface area contributed by atoms with Crippen molar-refractivity contribution in [1.82, 2.24) is 0 Å². The van der Waals surface area contributed by atoms with Gasteiger partial charge in [0.25, 0.3) is 0 Å². The van der Waals surface area contributed by atoms with E-state index in [2.05, 4.69) is 36.6 Å². The van der Waals surface area contributed by atoms with E-state index >= 15 is 0 Å². The Morgan fingerprint density at radius 2 is 2.00 bits per heavy atom. The molecule has 0 heterocycles. The van der Waals surface area contributed by atoms with E-state index in [-0.39, 0.29) is 5.78 Å². The first-order chi connectivity index (χ1) is 8.15. The summed E-state index contributed by atoms with van der Waals surface area (Å²) >= 11 is 6.54. The molecule has 0 saturated carbocycles. The fourth-order valence-corrected chi connectivity index (χ4v) is 2.36. The maximum atomic E-state index is 12.0. The Bertz CT molecular complexity index is 430. The summed E-state index contributed by atoms with van der Waals surface area (Å²) in [7, 11) is 1.31. The Hall–Kier alpha value is -0.680. The minimum Gasteiger partial charge on any atom is -0.465 e. The number of ketones is 1. The summed E-state index contributed by atoms with van der Waals surface area (Å²) in [6, 6.07) is 5.18. The number of halogens is 2. The fraction of sp³-hybridized carbons (Fsp3) is 0.333. The van der Waals surface area contributed by atoms with Crippen molar-refractivity contribution < 1.29 is 14.3 Å². The number of benzene rings is 1. The number of hydrogen-bond donors (Lipinski definition) is 0. The summed E-state index contributed by atoms with van der Waals surface area (Å²) < 4.78 is 4.69. The number of hydrogen-bond acceptors (Lipinski definition) is 3. The van der Waals surface area contributed by atoms with Crippen molar-refractivity contribution in [3.05, 3.63) is 34.9 Å². The topological polar surface area (TPSA) is 43.4 Å². The molecule has 1 aromatic rings. The summed E-state index contributed by atoms with van der Waals surface area (Å²) in [5.74, 6) is -0.539. The highest BCUT2D eigenvalue weighted by molar-refractivity contribution is 9.09. The molecule has 0 N–H and O–H groups in total. The van der Waals surface area contributed by atoms with E-state index in [9.17, 15) is 9.59 Å². The standard InChI is InChI=1S/C12H12Br2O3/c1-17-12(16)9-4-2-3-8(7-14)11(9)10(15)5-6-13/h2-4H,5-7H2,1H3. The van der Waals surface area contributed by atoms with Crippen LogP contribution in [0.1, 0.15) is 32.7 Å². The molecule has 92 valence electrons. The molecule has 0 fully saturated rings. The summed E-state index contributed by atoms with van der Waals surface area (Å²) in [5, 5.41) is 1.10. The Balaban J connectivity index is 3.30. The van der Waals surface area contributed by atoms with Crippen LogP contribution in [0.25, 0.3) is 0 Å². The summed E-state index contributed by atoms with van der Waals surface area (Å²) in [4.78, 5) is 23.6. The van der Waals surface area contributed by atoms with Crippen LogP contribution in [0.4, 0.5) is 0 Å². The predicted molar refractivity (Wildman–Crippen MR) is 73.2 cm³/mol. The lowest BCUT2D eigenvalue weighted by Gasteiger charge is -2.10. The average Bonchev–Trinajstić information content (AvgIpc) is 2.37. The van der Waals surface area contributed by atoms with E-state index in [4.69, 9.17) is 0 Å². The number of methoxy groups -OCH3 is 1. The zero-order chi connectivity index (χ0) is 12.8. The van der Waals surface area contributed by atoms with E-state index < -0.39 is 5.97 Å². The van der Waals surface area contributed by atoms with Crippen LogP contribution in [-0.2, 0) is 10.1 Å². The summed E-state index contributed by atoms with van der Waals surface area (Å²) in [6.45, 7) is 0. The second-order valence-electron chi connectivity index (χ2n) is 3.33. The molecule has 1 rings (SSSR count). The lowest BCUT2D eigenvalue weighted by Crippen LogP contribution is -2.13. The Morgan fingerprint density at radius 1 is 1.29 bits per heavy atom. The van der Waals surface area contributed by atoms with Crippen LogP contribution in [0.2, 0.25) is 0 Å². The third kappa shape index (κ3) is 3.39. The summed E-state index contributed by atoms with van der Waals surface area (Å²) in [6.07, 6.45) is 0.355. The van der Waals surface area contributed by atoms with E-state index in [0.29, 0.717) is 28.2 Å². The quantitative estimate of drug-likeness (QED) is 0.457. The van der Waals surface area contributed by atoms with Crippen LogP contribution in [0.5, 0.6) is 0 Å². The normalized spacial score (nSPS) is 10.1. The molecule has 0 aliphatic carbocycles. The van der Waals surface area contributed by atoms with Crippen molar-refractivity contribution in [3.8, 4) is 0 Å². The first-order valence-electron chi connectivity index (χ1n) is 5.01. The molecule has 17 heavy (non-hydrogen) atoms. The van der Waals surface area contributed by atoms with Crippen LogP contribution >= 0.6 is 31.9 Å². The highest BCUT2D eigenvalue weighted by atomic mass is 79.9. The number of esters is 1. The van der Waals surface area contributed by atoms with Crippen molar-refractivity contribution >= 4 is 43.6 Å². The first kappa shape index (κ1) is 14.4. The van der Waals surface area contributed by atoms with Crippen molar-refractivity contribution in [2.75, 3.05) is 12.4 Å². The third-order valence-electron chi connectivity index (χ3n) is 2.30. The van der Waals surface area contributed by atoms with Gasteiger partial charge in [-0.05, 0) is 11.6 Å². The van der Waals surface area contributed by atoms with Gasteiger partial charge in [-0.1, -0.05) is 44.0 Å². The molecule has 0 unspecified atom stereocenters. The van der Waals surface area contributed by atoms with Crippen LogP contribution in [0, 0.1) is 0 Å². The lowest BCUT2D eigenvalue weighted by atomic mass is 9.97. The molecular formula is C12H12Br2O3. The minimum absolute atomic E-state index is 0.0580. The Kier molecular flexibility index (Phi) is 5.85. The van der Waals surface area contributed by atoms with Gasteiger partial charge in [0.2, 0.25) is 0 Å². The highest BCUT2D eigenvalue weighted by Crippen LogP contribution is 2.20. The number of carbonyl (C=O) groups is 2. The zero-order valence-electron chi connectivity index (χ0n) is 9.33. The maximum absolute atomic E-state index is 12.0. The monoisotopic (exact) mass is 362 g/mol. The van der Waals surface area contributed by atoms with Crippen LogP contribution in [-0.4, -0.2) is 24.2 Å². The maximum Gasteiger partial charge on any atom is 0.338 e. The zero-order valence-corrected chi connectivity index (χ0v) is 12.5. The van der Waals surface area contributed by atoms with E-state index in [1.165, 1.54) is 7.11 Å². The van der Waals surface area contributed by atoms with Gasteiger partial charge in [-0.25, -0.2) is 4.79 Å². The molecule has 0 aliphatic heterocycles. The number of ether oxygens (including phenoxy) is 1. The Labute approximate surface area is 117 Å². The first-order valence-corrected chi connectivity index (χ1v) is 7.25. The molecule has 1 aromatic carbocycles. The minimum atomic E-state index is -0.481. The molecule has 0 bridgehead atoms. The third-order valence-corrected chi connectivity index (χ3v) is 3.30. The smallest absolute Gasteiger partial charge is 0.338 e. The molecule has 0 aromatic heterocycles. The largest absolute Gasteiger partial charge is 0.465 e. The van der Waals surface area contributed by atoms with Crippen molar-refractivity contribution in [2.24, 2.45) is 0 Å². The fourth-order valence-electron chi connectivity index (χ4n) is 1.53. The van der Waals surface area contributed by atoms with Gasteiger partial charge in [0.05, 0.1) is 12.7 Å². The lowest BCUT2D eigenvalue weighted by molar-refractivity contribution is 0.0597. The number of Topliss-reactive ketones (excluding diaryl/α,β-unsaturated/α-hetero) is 1. The van der Waals surface area contributed by atoms with Gasteiger partial charge in [0.15, 0.2) is 5.78 Å². The van der Waals surface area contributed by atoms with Crippen molar-refractivity contribution in [2.45, 2.75) is 11.8 Å². The second-order valence-corrected chi connectivity index (χ2v) is 4.68. The van der Waals surface area contributed by atoms with Crippen LogP contribution in [0.3, 0.4) is 0 Å². The molecule has 5 heteroatoms. The molecule has 0 spiro atoms. The SMILES string of the molecule is COC(=O)c1cccc(CBr)c1C(=O)CCBr. The van der Waals surface area contributed by atoms with Gasteiger partial charge < -0.3 is 4.74 Å². The average molecular weight is 364 g/mol. The van der Waals surface area contributed by atoms with Crippen LogP contribution in [0.15, 0.2) is 18.2 Å². The van der Waals surface area contributed by atoms with Gasteiger partial charge in [0, 0.05) is 22.6 Å². The number of rotatable bonds is 5. The summed E-state index contributed by atoms with van der Waals surface area (Å²) in [5.41, 5.74) is 1.59. The number of carbonyl (C=O) groups excluding carboxylic acids is 2. The molecule has 3 nitrogen and oxygen atoms in total. The molecule has 0 amide bonds. The molecule has 0 atom stereocenters.